The summed E-state index contributed by atoms with van der Waals surface area (Å²) in [7, 11) is 0. The molecule has 0 bridgehead atoms. The van der Waals surface area contributed by atoms with Crippen LogP contribution in [0.15, 0.2) is 59.0 Å². The highest BCUT2D eigenvalue weighted by Gasteiger charge is 2.35. The van der Waals surface area contributed by atoms with Crippen LogP contribution in [0, 0.1) is 6.92 Å². The molecule has 1 aromatic heterocycles. The molecule has 34 heavy (non-hydrogen) atoms. The van der Waals surface area contributed by atoms with E-state index in [1.54, 1.807) is 30.0 Å². The molecule has 0 unspecified atom stereocenters. The summed E-state index contributed by atoms with van der Waals surface area (Å²) in [6.07, 6.45) is -4.46. The minimum absolute atomic E-state index is 0.00702. The summed E-state index contributed by atoms with van der Waals surface area (Å²) in [5.41, 5.74) is 0.287. The second-order valence-electron chi connectivity index (χ2n) is 7.89. The molecular formula is C24H22F3N3O4. The Morgan fingerprint density at radius 2 is 1.59 bits per heavy atom. The number of piperazine rings is 1. The molecule has 3 aromatic rings. The molecule has 178 valence electrons. The van der Waals surface area contributed by atoms with Crippen LogP contribution in [0.3, 0.4) is 0 Å². The lowest BCUT2D eigenvalue weighted by Gasteiger charge is -2.39. The number of aryl methyl sites for hydroxylation is 1. The van der Waals surface area contributed by atoms with Gasteiger partial charge in [-0.05, 0) is 49.4 Å². The molecule has 1 saturated heterocycles. The molecule has 10 heteroatoms. The van der Waals surface area contributed by atoms with Gasteiger partial charge in [-0.3, -0.25) is 4.79 Å². The minimum Gasteiger partial charge on any atom is -0.478 e. The third-order valence-corrected chi connectivity index (χ3v) is 5.63. The number of rotatable bonds is 5. The van der Waals surface area contributed by atoms with Gasteiger partial charge in [0.1, 0.15) is 5.76 Å². The van der Waals surface area contributed by atoms with E-state index in [2.05, 4.69) is 5.32 Å². The first kappa shape index (κ1) is 23.2. The molecule has 0 radical (unpaired) electrons. The number of para-hydroxylation sites is 1. The Kier molecular flexibility index (Phi) is 6.23. The highest BCUT2D eigenvalue weighted by atomic mass is 19.4. The summed E-state index contributed by atoms with van der Waals surface area (Å²) in [5.74, 6) is -1.04. The van der Waals surface area contributed by atoms with E-state index in [4.69, 9.17) is 4.42 Å². The molecule has 4 rings (SSSR count). The maximum absolute atomic E-state index is 13.4. The zero-order chi connectivity index (χ0) is 24.5. The molecule has 2 N–H and O–H groups in total. The summed E-state index contributed by atoms with van der Waals surface area (Å²) in [6.45, 7) is 3.09. The second-order valence-corrected chi connectivity index (χ2v) is 7.89. The Morgan fingerprint density at radius 3 is 2.18 bits per heavy atom. The largest absolute Gasteiger partial charge is 0.478 e. The van der Waals surface area contributed by atoms with Gasteiger partial charge in [-0.25, -0.2) is 4.79 Å². The zero-order valence-corrected chi connectivity index (χ0v) is 18.2. The normalized spacial score (nSPS) is 14.2. The summed E-state index contributed by atoms with van der Waals surface area (Å²) in [5, 5.41) is 12.1. The second kappa shape index (κ2) is 9.12. The molecule has 0 spiro atoms. The van der Waals surface area contributed by atoms with E-state index in [-0.39, 0.29) is 22.7 Å². The molecule has 1 amide bonds. The number of nitrogens with zero attached hydrogens (tertiary/aromatic N) is 2. The predicted octanol–water partition coefficient (Wildman–Crippen LogP) is 4.88. The Balaban J connectivity index is 1.56. The molecule has 7 nitrogen and oxygen atoms in total. The molecule has 0 atom stereocenters. The van der Waals surface area contributed by atoms with Crippen LogP contribution in [0.1, 0.15) is 32.2 Å². The van der Waals surface area contributed by atoms with Gasteiger partial charge < -0.3 is 24.6 Å². The fourth-order valence-electron chi connectivity index (χ4n) is 3.96. The lowest BCUT2D eigenvalue weighted by molar-refractivity contribution is -0.137. The zero-order valence-electron chi connectivity index (χ0n) is 18.2. The topological polar surface area (TPSA) is 86.0 Å². The van der Waals surface area contributed by atoms with Gasteiger partial charge in [0.05, 0.1) is 22.5 Å². The van der Waals surface area contributed by atoms with Crippen molar-refractivity contribution in [1.29, 1.82) is 0 Å². The fraction of sp³-hybridized carbons (Fsp3) is 0.250. The number of aromatic carboxylic acids is 1. The van der Waals surface area contributed by atoms with E-state index >= 15 is 0 Å². The van der Waals surface area contributed by atoms with Gasteiger partial charge in [-0.1, -0.05) is 12.1 Å². The first-order valence-corrected chi connectivity index (χ1v) is 10.5. The molecular weight excluding hydrogens is 451 g/mol. The SMILES string of the molecule is Cc1ccc(C(=O)Nc2cc(C(=O)O)ccc2N2CCN(c3ccccc3C(F)(F)F)CC2)o1. The van der Waals surface area contributed by atoms with Gasteiger partial charge in [0.25, 0.3) is 5.91 Å². The number of anilines is 3. The summed E-state index contributed by atoms with van der Waals surface area (Å²) in [6, 6.07) is 13.0. The molecule has 1 aliphatic heterocycles. The van der Waals surface area contributed by atoms with Crippen LogP contribution in [0.5, 0.6) is 0 Å². The maximum atomic E-state index is 13.4. The maximum Gasteiger partial charge on any atom is 0.418 e. The number of carbonyl (C=O) groups excluding carboxylic acids is 1. The van der Waals surface area contributed by atoms with Gasteiger partial charge in [0.15, 0.2) is 5.76 Å². The van der Waals surface area contributed by atoms with Gasteiger partial charge in [-0.2, -0.15) is 13.2 Å². The Hall–Kier alpha value is -3.95. The number of carboxylic acid groups (broad SMARTS) is 1. The first-order chi connectivity index (χ1) is 16.1. The number of benzene rings is 2. The van der Waals surface area contributed by atoms with Crippen LogP contribution in [0.25, 0.3) is 0 Å². The lowest BCUT2D eigenvalue weighted by atomic mass is 10.1. The smallest absolute Gasteiger partial charge is 0.418 e. The van der Waals surface area contributed by atoms with Crippen molar-refractivity contribution in [2.75, 3.05) is 41.3 Å². The molecule has 2 heterocycles. The Bertz CT molecular complexity index is 1210. The Morgan fingerprint density at radius 1 is 0.941 bits per heavy atom. The number of amides is 1. The van der Waals surface area contributed by atoms with Crippen molar-refractivity contribution in [3.05, 3.63) is 77.2 Å². The van der Waals surface area contributed by atoms with Gasteiger partial charge in [0.2, 0.25) is 0 Å². The summed E-state index contributed by atoms with van der Waals surface area (Å²) < 4.78 is 45.6. The fourth-order valence-corrected chi connectivity index (χ4v) is 3.96. The molecule has 2 aromatic carbocycles. The van der Waals surface area contributed by atoms with Crippen molar-refractivity contribution in [2.45, 2.75) is 13.1 Å². The van der Waals surface area contributed by atoms with Crippen molar-refractivity contribution in [2.24, 2.45) is 0 Å². The van der Waals surface area contributed by atoms with Crippen molar-refractivity contribution in [1.82, 2.24) is 0 Å². The van der Waals surface area contributed by atoms with Crippen LogP contribution in [0.4, 0.5) is 30.2 Å². The number of carbonyl (C=O) groups is 2. The van der Waals surface area contributed by atoms with Crippen LogP contribution >= 0.6 is 0 Å². The van der Waals surface area contributed by atoms with E-state index in [0.29, 0.717) is 37.6 Å². The monoisotopic (exact) mass is 473 g/mol. The average Bonchev–Trinajstić information content (AvgIpc) is 3.25. The van der Waals surface area contributed by atoms with Crippen LogP contribution in [0.2, 0.25) is 0 Å². The van der Waals surface area contributed by atoms with E-state index in [1.807, 2.05) is 4.90 Å². The van der Waals surface area contributed by atoms with Gasteiger partial charge in [-0.15, -0.1) is 0 Å². The highest BCUT2D eigenvalue weighted by Crippen LogP contribution is 2.37. The van der Waals surface area contributed by atoms with E-state index in [1.165, 1.54) is 30.3 Å². The third-order valence-electron chi connectivity index (χ3n) is 5.63. The number of hydrogen-bond donors (Lipinski definition) is 2. The molecule has 0 aliphatic carbocycles. The quantitative estimate of drug-likeness (QED) is 0.549. The van der Waals surface area contributed by atoms with Crippen LogP contribution < -0.4 is 15.1 Å². The number of alkyl halides is 3. The van der Waals surface area contributed by atoms with Crippen molar-refractivity contribution >= 4 is 28.9 Å². The number of hydrogen-bond acceptors (Lipinski definition) is 5. The van der Waals surface area contributed by atoms with E-state index < -0.39 is 23.6 Å². The van der Waals surface area contributed by atoms with Gasteiger partial charge in [0, 0.05) is 31.9 Å². The van der Waals surface area contributed by atoms with E-state index in [0.717, 1.165) is 6.07 Å². The van der Waals surface area contributed by atoms with Gasteiger partial charge >= 0.3 is 12.1 Å². The summed E-state index contributed by atoms with van der Waals surface area (Å²) in [4.78, 5) is 27.7. The number of nitrogens with one attached hydrogen (secondary N) is 1. The molecule has 0 saturated carbocycles. The van der Waals surface area contributed by atoms with Crippen molar-refractivity contribution in [3.63, 3.8) is 0 Å². The average molecular weight is 473 g/mol. The summed E-state index contributed by atoms with van der Waals surface area (Å²) >= 11 is 0. The molecule has 1 aliphatic rings. The van der Waals surface area contributed by atoms with E-state index in [9.17, 15) is 27.9 Å². The van der Waals surface area contributed by atoms with Crippen LogP contribution in [-0.4, -0.2) is 43.2 Å². The minimum atomic E-state index is -4.46. The third kappa shape index (κ3) is 4.85. The first-order valence-electron chi connectivity index (χ1n) is 10.5. The standard InChI is InChI=1S/C24H22F3N3O4/c1-15-6-9-21(34-15)22(31)28-18-14-16(23(32)33)7-8-20(18)30-12-10-29(11-13-30)19-5-3-2-4-17(19)24(25,26)27/h2-9,14H,10-13H2,1H3,(H,28,31)(H,32,33). The van der Waals surface area contributed by atoms with Crippen molar-refractivity contribution < 1.29 is 32.3 Å². The number of halogens is 3. The number of furan rings is 1. The van der Waals surface area contributed by atoms with Crippen molar-refractivity contribution in [3.8, 4) is 0 Å². The lowest BCUT2D eigenvalue weighted by Crippen LogP contribution is -2.47. The van der Waals surface area contributed by atoms with Crippen LogP contribution in [-0.2, 0) is 6.18 Å². The predicted molar refractivity (Wildman–Crippen MR) is 121 cm³/mol. The number of carboxylic acids is 1. The highest BCUT2D eigenvalue weighted by molar-refractivity contribution is 6.05. The molecule has 1 fully saturated rings. The Labute approximate surface area is 193 Å².